The number of hydrogen-bond donors (Lipinski definition) is 1. The van der Waals surface area contributed by atoms with E-state index in [4.69, 9.17) is 4.98 Å². The Morgan fingerprint density at radius 3 is 2.71 bits per heavy atom. The molecule has 0 spiro atoms. The van der Waals surface area contributed by atoms with Gasteiger partial charge in [-0.1, -0.05) is 30.3 Å². The van der Waals surface area contributed by atoms with Gasteiger partial charge in [0.05, 0.1) is 16.7 Å². The van der Waals surface area contributed by atoms with Crippen LogP contribution >= 0.6 is 0 Å². The predicted molar refractivity (Wildman–Crippen MR) is 119 cm³/mol. The number of hydrogen-bond acceptors (Lipinski definition) is 4. The van der Waals surface area contributed by atoms with Crippen LogP contribution in [0, 0.1) is 0 Å². The Morgan fingerprint density at radius 2 is 1.84 bits per heavy atom. The average Bonchev–Trinajstić information content (AvgIpc) is 3.20. The van der Waals surface area contributed by atoms with E-state index in [1.165, 1.54) is 0 Å². The van der Waals surface area contributed by atoms with Crippen LogP contribution in [-0.2, 0) is 22.0 Å². The average molecular weight is 433 g/mol. The monoisotopic (exact) mass is 432 g/mol. The number of aromatic nitrogens is 3. The maximum atomic E-state index is 13.6. The molecular weight excluding hydrogens is 412 g/mol. The second kappa shape index (κ2) is 6.88. The lowest BCUT2D eigenvalue weighted by molar-refractivity contribution is -0.139. The third-order valence-corrected chi connectivity index (χ3v) is 7.71. The van der Waals surface area contributed by atoms with Crippen LogP contribution in [0.5, 0.6) is 0 Å². The van der Waals surface area contributed by atoms with Crippen LogP contribution in [0.3, 0.4) is 0 Å². The molecule has 4 heterocycles. The highest BCUT2D eigenvalue weighted by molar-refractivity contribution is 7.85. The van der Waals surface area contributed by atoms with E-state index in [1.807, 2.05) is 42.6 Å². The summed E-state index contributed by atoms with van der Waals surface area (Å²) in [6, 6.07) is 14.0. The molecule has 7 nitrogen and oxygen atoms in total. The van der Waals surface area contributed by atoms with Gasteiger partial charge in [0.25, 0.3) is 5.56 Å². The maximum Gasteiger partial charge on any atom is 0.262 e. The lowest BCUT2D eigenvalue weighted by Crippen LogP contribution is -2.55. The van der Waals surface area contributed by atoms with Gasteiger partial charge in [-0.15, -0.1) is 0 Å². The summed E-state index contributed by atoms with van der Waals surface area (Å²) < 4.78 is 13.9. The number of H-pyrrole nitrogens is 1. The second-order valence-corrected chi connectivity index (χ2v) is 9.72. The summed E-state index contributed by atoms with van der Waals surface area (Å²) in [5, 5.41) is 1.54. The van der Waals surface area contributed by atoms with Gasteiger partial charge < -0.3 is 9.88 Å². The Labute approximate surface area is 180 Å². The van der Waals surface area contributed by atoms with Crippen LogP contribution in [-0.4, -0.2) is 47.6 Å². The summed E-state index contributed by atoms with van der Waals surface area (Å²) in [4.78, 5) is 37.0. The zero-order valence-electron chi connectivity index (χ0n) is 16.7. The standard InChI is InChI=1S/C23H20N4O3S/c28-22-16-6-2-4-8-18(16)25-21-20-13-31(30)10-9-26(20)23(29)19(27(21)22)11-14-12-24-17-7-3-1-5-15(14)17/h1-8,12,19-20,24H,9-11,13H2/t19-,20-,31?/m0/s1. The second-order valence-electron chi connectivity index (χ2n) is 8.10. The molecule has 0 aliphatic carbocycles. The van der Waals surface area contributed by atoms with Crippen LogP contribution in [0.1, 0.15) is 23.5 Å². The minimum absolute atomic E-state index is 0.0985. The molecule has 2 aromatic carbocycles. The van der Waals surface area contributed by atoms with Crippen molar-refractivity contribution in [1.29, 1.82) is 0 Å². The van der Waals surface area contributed by atoms with Crippen LogP contribution in [0.4, 0.5) is 0 Å². The lowest BCUT2D eigenvalue weighted by Gasteiger charge is -2.43. The molecule has 2 aromatic heterocycles. The molecule has 2 aliphatic heterocycles. The number of carbonyl (C=O) groups excluding carboxylic acids is 1. The SMILES string of the molecule is O=C1[C@H](Cc2c[nH]c3ccccc23)n2c(nc3ccccc3c2=O)[C@@H]2CS(=O)CCN12. The van der Waals surface area contributed by atoms with E-state index in [9.17, 15) is 13.8 Å². The van der Waals surface area contributed by atoms with Crippen molar-refractivity contribution in [3.63, 3.8) is 0 Å². The van der Waals surface area contributed by atoms with Crippen LogP contribution in [0.2, 0.25) is 0 Å². The summed E-state index contributed by atoms with van der Waals surface area (Å²) in [7, 11) is -1.04. The molecule has 1 amide bonds. The molecule has 0 bridgehead atoms. The van der Waals surface area contributed by atoms with Crippen molar-refractivity contribution in [2.45, 2.75) is 18.5 Å². The number of nitrogens with one attached hydrogen (secondary N) is 1. The van der Waals surface area contributed by atoms with E-state index in [-0.39, 0.29) is 11.5 Å². The number of rotatable bonds is 2. The predicted octanol–water partition coefficient (Wildman–Crippen LogP) is 2.31. The first-order valence-corrected chi connectivity index (χ1v) is 11.8. The molecule has 156 valence electrons. The molecular formula is C23H20N4O3S. The van der Waals surface area contributed by atoms with Gasteiger partial charge in [-0.3, -0.25) is 18.4 Å². The quantitative estimate of drug-likeness (QED) is 0.527. The molecule has 31 heavy (non-hydrogen) atoms. The molecule has 8 heteroatoms. The van der Waals surface area contributed by atoms with Crippen molar-refractivity contribution < 1.29 is 9.00 Å². The maximum absolute atomic E-state index is 13.6. The van der Waals surface area contributed by atoms with E-state index in [1.54, 1.807) is 21.6 Å². The van der Waals surface area contributed by atoms with Crippen molar-refractivity contribution in [2.75, 3.05) is 18.1 Å². The van der Waals surface area contributed by atoms with E-state index in [0.717, 1.165) is 16.5 Å². The molecule has 6 rings (SSSR count). The molecule has 4 aromatic rings. The number of amides is 1. The highest BCUT2D eigenvalue weighted by atomic mass is 32.2. The zero-order valence-corrected chi connectivity index (χ0v) is 17.5. The summed E-state index contributed by atoms with van der Waals surface area (Å²) in [6.07, 6.45) is 2.30. The van der Waals surface area contributed by atoms with Crippen LogP contribution in [0.15, 0.2) is 59.5 Å². The van der Waals surface area contributed by atoms with Gasteiger partial charge in [0.15, 0.2) is 0 Å². The molecule has 1 unspecified atom stereocenters. The number of para-hydroxylation sites is 2. The van der Waals surface area contributed by atoms with E-state index >= 15 is 0 Å². The number of carbonyl (C=O) groups is 1. The number of nitrogens with zero attached hydrogens (tertiary/aromatic N) is 3. The van der Waals surface area contributed by atoms with Gasteiger partial charge in [-0.25, -0.2) is 4.98 Å². The Balaban J connectivity index is 1.57. The van der Waals surface area contributed by atoms with Crippen LogP contribution < -0.4 is 5.56 Å². The fourth-order valence-electron chi connectivity index (χ4n) is 4.87. The fraction of sp³-hybridized carbons (Fsp3) is 0.261. The Morgan fingerprint density at radius 1 is 1.06 bits per heavy atom. The zero-order chi connectivity index (χ0) is 21.1. The lowest BCUT2D eigenvalue weighted by atomic mass is 9.99. The van der Waals surface area contributed by atoms with Crippen molar-refractivity contribution in [3.8, 4) is 0 Å². The minimum atomic E-state index is -1.04. The van der Waals surface area contributed by atoms with Crippen molar-refractivity contribution >= 4 is 38.5 Å². The van der Waals surface area contributed by atoms with Crippen LogP contribution in [0.25, 0.3) is 21.8 Å². The Kier molecular flexibility index (Phi) is 4.11. The molecule has 0 saturated carbocycles. The van der Waals surface area contributed by atoms with Gasteiger partial charge in [-0.2, -0.15) is 0 Å². The molecule has 0 radical (unpaired) electrons. The van der Waals surface area contributed by atoms with Crippen molar-refractivity contribution in [1.82, 2.24) is 19.4 Å². The third-order valence-electron chi connectivity index (χ3n) is 6.38. The third kappa shape index (κ3) is 2.78. The fourth-order valence-corrected chi connectivity index (χ4v) is 6.12. The summed E-state index contributed by atoms with van der Waals surface area (Å²) in [5.74, 6) is 1.22. The molecule has 1 N–H and O–H groups in total. The molecule has 1 fully saturated rings. The highest BCUT2D eigenvalue weighted by Crippen LogP contribution is 2.35. The number of aromatic amines is 1. The summed E-state index contributed by atoms with van der Waals surface area (Å²) in [6.45, 7) is 0.420. The van der Waals surface area contributed by atoms with E-state index < -0.39 is 22.9 Å². The first-order chi connectivity index (χ1) is 15.1. The van der Waals surface area contributed by atoms with Gasteiger partial charge in [-0.05, 0) is 23.8 Å². The van der Waals surface area contributed by atoms with Gasteiger partial charge in [0.2, 0.25) is 5.91 Å². The molecule has 2 aliphatic rings. The topological polar surface area (TPSA) is 88.1 Å². The number of fused-ring (bicyclic) bond motifs is 5. The van der Waals surface area contributed by atoms with E-state index in [0.29, 0.717) is 41.2 Å². The summed E-state index contributed by atoms with van der Waals surface area (Å²) in [5.41, 5.74) is 2.38. The van der Waals surface area contributed by atoms with Gasteiger partial charge in [0, 0.05) is 46.6 Å². The van der Waals surface area contributed by atoms with Crippen molar-refractivity contribution in [2.24, 2.45) is 0 Å². The largest absolute Gasteiger partial charge is 0.361 e. The van der Waals surface area contributed by atoms with Crippen molar-refractivity contribution in [3.05, 3.63) is 76.5 Å². The molecule has 3 atom stereocenters. The first-order valence-electron chi connectivity index (χ1n) is 10.3. The van der Waals surface area contributed by atoms with Gasteiger partial charge in [0.1, 0.15) is 17.9 Å². The Bertz CT molecular complexity index is 1440. The Hall–Kier alpha value is -3.26. The summed E-state index contributed by atoms with van der Waals surface area (Å²) >= 11 is 0. The number of benzene rings is 2. The normalized spacial score (nSPS) is 23.2. The molecule has 1 saturated heterocycles. The minimum Gasteiger partial charge on any atom is -0.361 e. The smallest absolute Gasteiger partial charge is 0.262 e. The van der Waals surface area contributed by atoms with Gasteiger partial charge >= 0.3 is 0 Å². The highest BCUT2D eigenvalue weighted by Gasteiger charge is 2.44. The van der Waals surface area contributed by atoms with E-state index in [2.05, 4.69) is 4.98 Å². The first kappa shape index (κ1) is 18.5.